The van der Waals surface area contributed by atoms with E-state index >= 15 is 0 Å². The Morgan fingerprint density at radius 1 is 1.33 bits per heavy atom. The average Bonchev–Trinajstić information content (AvgIpc) is 2.97. The predicted molar refractivity (Wildman–Crippen MR) is 107 cm³/mol. The maximum atomic E-state index is 12.7. The molecule has 0 aromatic carbocycles. The molecule has 1 aromatic heterocycles. The fraction of sp³-hybridized carbons (Fsp3) is 0.810. The lowest BCUT2D eigenvalue weighted by atomic mass is 9.84. The molecule has 1 atom stereocenters. The van der Waals surface area contributed by atoms with Crippen LogP contribution in [0.2, 0.25) is 0 Å². The average molecular weight is 377 g/mol. The molecular weight excluding hydrogens is 340 g/mol. The van der Waals surface area contributed by atoms with Gasteiger partial charge in [0.05, 0.1) is 5.60 Å². The van der Waals surface area contributed by atoms with Crippen molar-refractivity contribution in [2.24, 2.45) is 5.92 Å². The molecule has 2 aliphatic carbocycles. The van der Waals surface area contributed by atoms with Gasteiger partial charge in [0.25, 0.3) is 5.91 Å². The second kappa shape index (κ2) is 8.31. The van der Waals surface area contributed by atoms with Gasteiger partial charge in [0.15, 0.2) is 5.69 Å². The lowest BCUT2D eigenvalue weighted by molar-refractivity contribution is 0.00227. The van der Waals surface area contributed by atoms with Gasteiger partial charge in [-0.25, -0.2) is 0 Å². The minimum absolute atomic E-state index is 0.0136. The monoisotopic (exact) mass is 376 g/mol. The summed E-state index contributed by atoms with van der Waals surface area (Å²) in [6.45, 7) is 5.87. The largest absolute Gasteiger partial charge is 0.389 e. The SMILES string of the molecule is CC(C)Cn1nc(C(=O)N(C)C)c2c1CCC(NCC1(O)CCCCC1)C2. The highest BCUT2D eigenvalue weighted by Crippen LogP contribution is 2.29. The first-order valence-electron chi connectivity index (χ1n) is 10.5. The summed E-state index contributed by atoms with van der Waals surface area (Å²) < 4.78 is 2.06. The maximum Gasteiger partial charge on any atom is 0.274 e. The second-order valence-corrected chi connectivity index (χ2v) is 9.16. The first-order chi connectivity index (χ1) is 12.8. The number of aliphatic hydroxyl groups is 1. The number of carbonyl (C=O) groups excluding carboxylic acids is 1. The van der Waals surface area contributed by atoms with Crippen LogP contribution in [-0.4, -0.2) is 58.0 Å². The summed E-state index contributed by atoms with van der Waals surface area (Å²) >= 11 is 0. The van der Waals surface area contributed by atoms with E-state index in [0.29, 0.717) is 24.2 Å². The van der Waals surface area contributed by atoms with Gasteiger partial charge in [0.1, 0.15) is 0 Å². The zero-order valence-corrected chi connectivity index (χ0v) is 17.4. The topological polar surface area (TPSA) is 70.4 Å². The molecule has 0 spiro atoms. The molecule has 6 nitrogen and oxygen atoms in total. The Bertz CT molecular complexity index is 659. The van der Waals surface area contributed by atoms with Gasteiger partial charge in [0.2, 0.25) is 0 Å². The maximum absolute atomic E-state index is 12.7. The fourth-order valence-corrected chi connectivity index (χ4v) is 4.46. The van der Waals surface area contributed by atoms with Crippen molar-refractivity contribution in [3.63, 3.8) is 0 Å². The third kappa shape index (κ3) is 4.72. The van der Waals surface area contributed by atoms with Crippen molar-refractivity contribution in [2.75, 3.05) is 20.6 Å². The van der Waals surface area contributed by atoms with Crippen LogP contribution in [0.5, 0.6) is 0 Å². The van der Waals surface area contributed by atoms with Gasteiger partial charge in [-0.3, -0.25) is 9.48 Å². The minimum Gasteiger partial charge on any atom is -0.389 e. The Balaban J connectivity index is 1.74. The number of nitrogens with one attached hydrogen (secondary N) is 1. The van der Waals surface area contributed by atoms with Gasteiger partial charge in [-0.05, 0) is 38.0 Å². The van der Waals surface area contributed by atoms with Crippen LogP contribution in [0.1, 0.15) is 74.1 Å². The number of nitrogens with zero attached hydrogens (tertiary/aromatic N) is 3. The number of fused-ring (bicyclic) bond motifs is 1. The second-order valence-electron chi connectivity index (χ2n) is 9.16. The number of rotatable bonds is 6. The smallest absolute Gasteiger partial charge is 0.274 e. The number of hydrogen-bond acceptors (Lipinski definition) is 4. The molecule has 2 N–H and O–H groups in total. The van der Waals surface area contributed by atoms with Crippen LogP contribution in [0, 0.1) is 5.92 Å². The van der Waals surface area contributed by atoms with Crippen LogP contribution in [0.15, 0.2) is 0 Å². The van der Waals surface area contributed by atoms with E-state index in [1.165, 1.54) is 12.1 Å². The zero-order valence-electron chi connectivity index (χ0n) is 17.4. The molecule has 1 fully saturated rings. The Hall–Kier alpha value is -1.40. The van der Waals surface area contributed by atoms with Gasteiger partial charge in [-0.2, -0.15) is 5.10 Å². The highest BCUT2D eigenvalue weighted by atomic mass is 16.3. The van der Waals surface area contributed by atoms with Crippen molar-refractivity contribution >= 4 is 5.91 Å². The first kappa shape index (κ1) is 20.3. The van der Waals surface area contributed by atoms with Gasteiger partial charge in [-0.1, -0.05) is 33.1 Å². The van der Waals surface area contributed by atoms with Gasteiger partial charge in [-0.15, -0.1) is 0 Å². The van der Waals surface area contributed by atoms with E-state index in [1.54, 1.807) is 19.0 Å². The van der Waals surface area contributed by atoms with E-state index in [4.69, 9.17) is 5.10 Å². The van der Waals surface area contributed by atoms with Crippen molar-refractivity contribution < 1.29 is 9.90 Å². The van der Waals surface area contributed by atoms with Crippen LogP contribution >= 0.6 is 0 Å². The van der Waals surface area contributed by atoms with Crippen LogP contribution in [0.25, 0.3) is 0 Å². The van der Waals surface area contributed by atoms with Gasteiger partial charge in [0, 0.05) is 44.5 Å². The van der Waals surface area contributed by atoms with Crippen molar-refractivity contribution in [1.82, 2.24) is 20.0 Å². The third-order valence-corrected chi connectivity index (χ3v) is 6.00. The fourth-order valence-electron chi connectivity index (χ4n) is 4.46. The molecule has 1 amide bonds. The van der Waals surface area contributed by atoms with Crippen molar-refractivity contribution in [3.05, 3.63) is 17.0 Å². The van der Waals surface area contributed by atoms with E-state index in [2.05, 4.69) is 23.8 Å². The highest BCUT2D eigenvalue weighted by molar-refractivity contribution is 5.93. The summed E-state index contributed by atoms with van der Waals surface area (Å²) in [5.74, 6) is 0.480. The van der Waals surface area contributed by atoms with E-state index in [9.17, 15) is 9.90 Å². The summed E-state index contributed by atoms with van der Waals surface area (Å²) in [6, 6.07) is 0.300. The lowest BCUT2D eigenvalue weighted by Gasteiger charge is -2.35. The van der Waals surface area contributed by atoms with E-state index in [1.807, 2.05) is 0 Å². The predicted octanol–water partition coefficient (Wildman–Crippen LogP) is 2.38. The minimum atomic E-state index is -0.553. The van der Waals surface area contributed by atoms with Crippen molar-refractivity contribution in [1.29, 1.82) is 0 Å². The molecule has 1 heterocycles. The van der Waals surface area contributed by atoms with Crippen LogP contribution in [0.3, 0.4) is 0 Å². The number of hydrogen-bond donors (Lipinski definition) is 2. The van der Waals surface area contributed by atoms with Gasteiger partial charge >= 0.3 is 0 Å². The number of amides is 1. The molecule has 2 aliphatic rings. The quantitative estimate of drug-likeness (QED) is 0.800. The first-order valence-corrected chi connectivity index (χ1v) is 10.5. The van der Waals surface area contributed by atoms with E-state index in [-0.39, 0.29) is 5.91 Å². The Morgan fingerprint density at radius 2 is 2.04 bits per heavy atom. The normalized spacial score (nSPS) is 21.9. The Morgan fingerprint density at radius 3 is 2.67 bits per heavy atom. The molecule has 3 rings (SSSR count). The molecule has 0 saturated heterocycles. The van der Waals surface area contributed by atoms with Gasteiger partial charge < -0.3 is 15.3 Å². The highest BCUT2D eigenvalue weighted by Gasteiger charge is 2.33. The Kier molecular flexibility index (Phi) is 6.26. The van der Waals surface area contributed by atoms with E-state index in [0.717, 1.165) is 57.1 Å². The molecule has 1 unspecified atom stereocenters. The molecule has 1 saturated carbocycles. The molecule has 152 valence electrons. The van der Waals surface area contributed by atoms with Crippen molar-refractivity contribution in [3.8, 4) is 0 Å². The third-order valence-electron chi connectivity index (χ3n) is 6.00. The summed E-state index contributed by atoms with van der Waals surface area (Å²) in [6.07, 6.45) is 8.06. The van der Waals surface area contributed by atoms with Crippen molar-refractivity contribution in [2.45, 2.75) is 83.4 Å². The number of carbonyl (C=O) groups is 1. The standard InChI is InChI=1S/C21H36N4O2/c1-15(2)13-25-18-9-8-16(22-14-21(27)10-6-5-7-11-21)12-17(18)19(23-25)20(26)24(3)4/h15-16,22,27H,5-14H2,1-4H3. The summed E-state index contributed by atoms with van der Waals surface area (Å²) in [7, 11) is 3.57. The number of aromatic nitrogens is 2. The molecule has 27 heavy (non-hydrogen) atoms. The lowest BCUT2D eigenvalue weighted by Crippen LogP contribution is -2.47. The molecule has 0 radical (unpaired) electrons. The summed E-state index contributed by atoms with van der Waals surface area (Å²) in [4.78, 5) is 14.3. The van der Waals surface area contributed by atoms with Crippen LogP contribution in [0.4, 0.5) is 0 Å². The zero-order chi connectivity index (χ0) is 19.6. The van der Waals surface area contributed by atoms with Crippen LogP contribution < -0.4 is 5.32 Å². The molecular formula is C21H36N4O2. The molecule has 0 aliphatic heterocycles. The summed E-state index contributed by atoms with van der Waals surface area (Å²) in [5.41, 5.74) is 2.39. The summed E-state index contributed by atoms with van der Waals surface area (Å²) in [5, 5.41) is 19.1. The Labute approximate surface area is 163 Å². The van der Waals surface area contributed by atoms with Crippen LogP contribution in [-0.2, 0) is 19.4 Å². The molecule has 6 heteroatoms. The molecule has 1 aromatic rings. The molecule has 0 bridgehead atoms. The van der Waals surface area contributed by atoms with E-state index < -0.39 is 5.60 Å².